The zero-order valence-corrected chi connectivity index (χ0v) is 13.2. The van der Waals surface area contributed by atoms with Gasteiger partial charge in [-0.15, -0.1) is 12.3 Å². The molecule has 1 aromatic rings. The van der Waals surface area contributed by atoms with Crippen LogP contribution < -0.4 is 0 Å². The molecule has 1 aromatic carbocycles. The van der Waals surface area contributed by atoms with Gasteiger partial charge in [-0.25, -0.2) is 0 Å². The summed E-state index contributed by atoms with van der Waals surface area (Å²) < 4.78 is 11.6. The highest BCUT2D eigenvalue weighted by Gasteiger charge is 2.44. The van der Waals surface area contributed by atoms with Crippen LogP contribution in [0.2, 0.25) is 0 Å². The van der Waals surface area contributed by atoms with Crippen molar-refractivity contribution >= 4 is 0 Å². The number of ether oxygens (including phenoxy) is 2. The van der Waals surface area contributed by atoms with Crippen molar-refractivity contribution < 1.29 is 9.47 Å². The van der Waals surface area contributed by atoms with Crippen molar-refractivity contribution in [1.82, 2.24) is 0 Å². The van der Waals surface area contributed by atoms with Gasteiger partial charge >= 0.3 is 0 Å². The average Bonchev–Trinajstić information content (AvgIpc) is 2.55. The van der Waals surface area contributed by atoms with Gasteiger partial charge in [0.15, 0.2) is 5.79 Å². The van der Waals surface area contributed by atoms with E-state index in [2.05, 4.69) is 36.3 Å². The minimum Gasteiger partial charge on any atom is -0.353 e. The van der Waals surface area contributed by atoms with Crippen molar-refractivity contribution in [1.29, 1.82) is 0 Å². The van der Waals surface area contributed by atoms with Gasteiger partial charge in [-0.1, -0.05) is 30.3 Å². The minimum absolute atomic E-state index is 0.173. The van der Waals surface area contributed by atoms with Crippen LogP contribution in [0.25, 0.3) is 0 Å². The molecule has 2 rings (SSSR count). The summed E-state index contributed by atoms with van der Waals surface area (Å²) in [5.74, 6) is 2.41. The number of terminal acetylenes is 1. The van der Waals surface area contributed by atoms with Gasteiger partial charge in [0.2, 0.25) is 0 Å². The number of hydrogen-bond donors (Lipinski definition) is 0. The summed E-state index contributed by atoms with van der Waals surface area (Å²) in [4.78, 5) is 0. The molecule has 114 valence electrons. The largest absolute Gasteiger partial charge is 0.353 e. The van der Waals surface area contributed by atoms with Gasteiger partial charge < -0.3 is 9.47 Å². The second-order valence-electron chi connectivity index (χ2n) is 5.90. The topological polar surface area (TPSA) is 18.5 Å². The minimum atomic E-state index is -0.400. The Morgan fingerprint density at radius 2 is 1.81 bits per heavy atom. The fourth-order valence-corrected chi connectivity index (χ4v) is 3.57. The zero-order valence-electron chi connectivity index (χ0n) is 13.2. The fraction of sp³-hybridized carbons (Fsp3) is 0.579. The van der Waals surface area contributed by atoms with Gasteiger partial charge in [0.25, 0.3) is 0 Å². The predicted octanol–water partition coefficient (Wildman–Crippen LogP) is 4.29. The number of rotatable bonds is 6. The zero-order chi connectivity index (χ0) is 15.2. The van der Waals surface area contributed by atoms with Crippen molar-refractivity contribution in [2.45, 2.75) is 56.7 Å². The highest BCUT2D eigenvalue weighted by Crippen LogP contribution is 2.47. The van der Waals surface area contributed by atoms with Crippen molar-refractivity contribution in [3.8, 4) is 12.3 Å². The molecule has 0 aromatic heterocycles. The summed E-state index contributed by atoms with van der Waals surface area (Å²) in [7, 11) is 1.76. The lowest BCUT2D eigenvalue weighted by Gasteiger charge is -2.45. The first-order valence-corrected chi connectivity index (χ1v) is 7.88. The van der Waals surface area contributed by atoms with Crippen molar-refractivity contribution in [2.75, 3.05) is 13.7 Å². The highest BCUT2D eigenvalue weighted by atomic mass is 16.7. The van der Waals surface area contributed by atoms with Crippen LogP contribution in [0.3, 0.4) is 0 Å². The molecule has 0 saturated heterocycles. The van der Waals surface area contributed by atoms with Crippen LogP contribution in [0.1, 0.15) is 51.0 Å². The molecule has 2 heteroatoms. The maximum atomic E-state index is 5.89. The first-order valence-electron chi connectivity index (χ1n) is 7.88. The van der Waals surface area contributed by atoms with Gasteiger partial charge in [-0.2, -0.15) is 0 Å². The lowest BCUT2D eigenvalue weighted by molar-refractivity contribution is -0.242. The smallest absolute Gasteiger partial charge is 0.167 e. The van der Waals surface area contributed by atoms with Gasteiger partial charge in [0, 0.05) is 33.0 Å². The maximum absolute atomic E-state index is 5.89. The molecular formula is C19H26O2. The monoisotopic (exact) mass is 286 g/mol. The number of hydrogen-bond acceptors (Lipinski definition) is 2. The molecule has 0 unspecified atom stereocenters. The molecule has 0 heterocycles. The summed E-state index contributed by atoms with van der Waals surface area (Å²) >= 11 is 0. The Kier molecular flexibility index (Phi) is 5.45. The second kappa shape index (κ2) is 7.11. The lowest BCUT2D eigenvalue weighted by Crippen LogP contribution is -2.44. The predicted molar refractivity (Wildman–Crippen MR) is 86.0 cm³/mol. The summed E-state index contributed by atoms with van der Waals surface area (Å²) in [6.07, 6.45) is 11.4. The Labute approximate surface area is 128 Å². The van der Waals surface area contributed by atoms with E-state index in [1.54, 1.807) is 7.11 Å². The number of methoxy groups -OCH3 is 1. The van der Waals surface area contributed by atoms with Gasteiger partial charge in [-0.3, -0.25) is 0 Å². The van der Waals surface area contributed by atoms with Gasteiger partial charge in [0.1, 0.15) is 0 Å². The molecule has 1 fully saturated rings. The molecule has 0 N–H and O–H groups in total. The molecule has 0 aliphatic heterocycles. The lowest BCUT2D eigenvalue weighted by atomic mass is 9.65. The molecule has 0 atom stereocenters. The van der Waals surface area contributed by atoms with Crippen LogP contribution in [0, 0.1) is 12.3 Å². The van der Waals surface area contributed by atoms with E-state index in [1.807, 2.05) is 6.92 Å². The highest BCUT2D eigenvalue weighted by molar-refractivity contribution is 5.27. The van der Waals surface area contributed by atoms with E-state index >= 15 is 0 Å². The average molecular weight is 286 g/mol. The Bertz CT molecular complexity index is 464. The Hall–Kier alpha value is -1.30. The molecule has 0 spiro atoms. The molecule has 0 bridgehead atoms. The molecule has 1 aliphatic carbocycles. The molecule has 0 amide bonds. The van der Waals surface area contributed by atoms with Crippen molar-refractivity contribution in [3.05, 3.63) is 35.9 Å². The van der Waals surface area contributed by atoms with Gasteiger partial charge in [0.05, 0.1) is 0 Å². The fourth-order valence-electron chi connectivity index (χ4n) is 3.57. The van der Waals surface area contributed by atoms with E-state index in [1.165, 1.54) is 5.56 Å². The second-order valence-corrected chi connectivity index (χ2v) is 5.90. The summed E-state index contributed by atoms with van der Waals surface area (Å²) in [6.45, 7) is 2.72. The molecule has 2 nitrogen and oxygen atoms in total. The maximum Gasteiger partial charge on any atom is 0.167 e. The summed E-state index contributed by atoms with van der Waals surface area (Å²) in [5.41, 5.74) is 1.58. The van der Waals surface area contributed by atoms with Crippen LogP contribution in [-0.4, -0.2) is 19.5 Å². The third-order valence-corrected chi connectivity index (χ3v) is 4.88. The number of benzene rings is 1. The third-order valence-electron chi connectivity index (χ3n) is 4.88. The molecule has 21 heavy (non-hydrogen) atoms. The van der Waals surface area contributed by atoms with Gasteiger partial charge in [-0.05, 0) is 37.2 Å². The quantitative estimate of drug-likeness (QED) is 0.573. The van der Waals surface area contributed by atoms with E-state index < -0.39 is 5.79 Å². The molecular weight excluding hydrogens is 260 g/mol. The Balaban J connectivity index is 2.20. The standard InChI is InChI=1S/C19H26O2/c1-4-6-12-18(17-10-8-7-9-11-17)13-15-19(20-3,16-14-18)21-5-2/h1,7-11H,5-6,12-16H2,2-3H3. The van der Waals surface area contributed by atoms with Crippen LogP contribution in [-0.2, 0) is 14.9 Å². The summed E-state index contributed by atoms with van der Waals surface area (Å²) in [5, 5.41) is 0. The van der Waals surface area contributed by atoms with Crippen molar-refractivity contribution in [3.63, 3.8) is 0 Å². The van der Waals surface area contributed by atoms with Crippen LogP contribution >= 0.6 is 0 Å². The first-order chi connectivity index (χ1) is 10.2. The first kappa shape index (κ1) is 16.1. The molecule has 1 aliphatic rings. The Morgan fingerprint density at radius 1 is 1.14 bits per heavy atom. The van der Waals surface area contributed by atoms with E-state index in [9.17, 15) is 0 Å². The SMILES string of the molecule is C#CCCC1(c2ccccc2)CCC(OC)(OCC)CC1. The van der Waals surface area contributed by atoms with Crippen LogP contribution in [0.4, 0.5) is 0 Å². The van der Waals surface area contributed by atoms with Crippen molar-refractivity contribution in [2.24, 2.45) is 0 Å². The van der Waals surface area contributed by atoms with Crippen LogP contribution in [0.5, 0.6) is 0 Å². The third kappa shape index (κ3) is 3.48. The molecule has 1 saturated carbocycles. The van der Waals surface area contributed by atoms with E-state index in [4.69, 9.17) is 15.9 Å². The Morgan fingerprint density at radius 3 is 2.33 bits per heavy atom. The normalized spacial score (nSPS) is 29.0. The van der Waals surface area contributed by atoms with Crippen LogP contribution in [0.15, 0.2) is 30.3 Å². The van der Waals surface area contributed by atoms with E-state index in [0.717, 1.165) is 38.5 Å². The molecule has 0 radical (unpaired) electrons. The van der Waals surface area contributed by atoms with E-state index in [0.29, 0.717) is 6.61 Å². The van der Waals surface area contributed by atoms with E-state index in [-0.39, 0.29) is 5.41 Å². The summed E-state index contributed by atoms with van der Waals surface area (Å²) in [6, 6.07) is 10.8.